The van der Waals surface area contributed by atoms with Crippen LogP contribution in [0.25, 0.3) is 0 Å². The minimum Gasteiger partial charge on any atom is -0.481 e. The average Bonchev–Trinajstić information content (AvgIpc) is 2.80. The van der Waals surface area contributed by atoms with Gasteiger partial charge in [0.05, 0.1) is 5.75 Å². The van der Waals surface area contributed by atoms with Crippen molar-refractivity contribution in [2.45, 2.75) is 56.3 Å². The molecule has 0 fully saturated rings. The second kappa shape index (κ2) is 9.14. The molecule has 1 unspecified atom stereocenters. The highest BCUT2D eigenvalue weighted by atomic mass is 32.2. The fraction of sp³-hybridized carbons (Fsp3) is 0.750. The van der Waals surface area contributed by atoms with Crippen LogP contribution in [0.3, 0.4) is 0 Å². The lowest BCUT2D eigenvalue weighted by atomic mass is 10.1. The molecule has 1 aromatic heterocycles. The third-order valence-corrected chi connectivity index (χ3v) is 4.56. The number of unbranched alkanes of at least 4 members (excludes halogenated alkanes) is 3. The van der Waals surface area contributed by atoms with Gasteiger partial charge >= 0.3 is 5.97 Å². The Hall–Kier alpha value is -0.820. The Labute approximate surface area is 122 Å². The Bertz CT molecular complexity index is 385. The van der Waals surface area contributed by atoms with E-state index in [2.05, 4.69) is 29.4 Å². The number of nitrogens with zero attached hydrogens (tertiary/aromatic N) is 2. The number of carbonyl (C=O) groups is 1. The first-order chi connectivity index (χ1) is 9.11. The largest absolute Gasteiger partial charge is 0.481 e. The molecule has 1 aromatic rings. The molecule has 0 saturated heterocycles. The highest BCUT2D eigenvalue weighted by molar-refractivity contribution is 8.01. The van der Waals surface area contributed by atoms with Gasteiger partial charge in [-0.15, -0.1) is 10.2 Å². The van der Waals surface area contributed by atoms with Crippen LogP contribution < -0.4 is 5.32 Å². The van der Waals surface area contributed by atoms with E-state index < -0.39 is 5.97 Å². The average molecular weight is 303 g/mol. The van der Waals surface area contributed by atoms with Gasteiger partial charge in [0, 0.05) is 6.04 Å². The molecule has 0 aliphatic carbocycles. The molecule has 0 aliphatic rings. The van der Waals surface area contributed by atoms with E-state index in [9.17, 15) is 4.79 Å². The summed E-state index contributed by atoms with van der Waals surface area (Å²) in [6.45, 7) is 4.34. The second-order valence-electron chi connectivity index (χ2n) is 4.45. The maximum absolute atomic E-state index is 10.4. The molecule has 19 heavy (non-hydrogen) atoms. The lowest BCUT2D eigenvalue weighted by molar-refractivity contribution is -0.133. The van der Waals surface area contributed by atoms with E-state index in [1.54, 1.807) is 0 Å². The predicted octanol–water partition coefficient (Wildman–Crippen LogP) is 3.49. The highest BCUT2D eigenvalue weighted by Gasteiger charge is 2.09. The van der Waals surface area contributed by atoms with Gasteiger partial charge in [-0.3, -0.25) is 4.79 Å². The van der Waals surface area contributed by atoms with Crippen LogP contribution in [-0.2, 0) is 4.79 Å². The zero-order chi connectivity index (χ0) is 14.1. The number of hydrogen-bond acceptors (Lipinski definition) is 6. The van der Waals surface area contributed by atoms with Crippen LogP contribution in [0.5, 0.6) is 0 Å². The molecule has 108 valence electrons. The van der Waals surface area contributed by atoms with E-state index in [4.69, 9.17) is 5.11 Å². The smallest absolute Gasteiger partial charge is 0.313 e. The minimum atomic E-state index is -0.834. The summed E-state index contributed by atoms with van der Waals surface area (Å²) in [6.07, 6.45) is 6.17. The number of carboxylic acid groups (broad SMARTS) is 1. The van der Waals surface area contributed by atoms with E-state index >= 15 is 0 Å². The summed E-state index contributed by atoms with van der Waals surface area (Å²) >= 11 is 2.62. The summed E-state index contributed by atoms with van der Waals surface area (Å²) in [6, 6.07) is 0.377. The number of nitrogens with one attached hydrogen (secondary N) is 1. The van der Waals surface area contributed by atoms with Gasteiger partial charge in [0.2, 0.25) is 5.13 Å². The Kier molecular flexibility index (Phi) is 7.81. The van der Waals surface area contributed by atoms with Crippen molar-refractivity contribution in [2.75, 3.05) is 11.1 Å². The molecule has 1 atom stereocenters. The molecule has 0 aliphatic heterocycles. The van der Waals surface area contributed by atoms with Gasteiger partial charge in [0.25, 0.3) is 0 Å². The van der Waals surface area contributed by atoms with Gasteiger partial charge < -0.3 is 10.4 Å². The van der Waals surface area contributed by atoms with Crippen LogP contribution in [0.2, 0.25) is 0 Å². The maximum Gasteiger partial charge on any atom is 0.313 e. The van der Waals surface area contributed by atoms with Crippen molar-refractivity contribution in [2.24, 2.45) is 0 Å². The Morgan fingerprint density at radius 1 is 1.42 bits per heavy atom. The van der Waals surface area contributed by atoms with Crippen molar-refractivity contribution in [3.05, 3.63) is 0 Å². The fourth-order valence-corrected chi connectivity index (χ4v) is 3.19. The molecule has 1 rings (SSSR count). The Morgan fingerprint density at radius 3 is 2.89 bits per heavy atom. The molecule has 5 nitrogen and oxygen atoms in total. The first-order valence-electron chi connectivity index (χ1n) is 6.56. The number of thioether (sulfide) groups is 1. The lowest BCUT2D eigenvalue weighted by Gasteiger charge is -2.11. The first kappa shape index (κ1) is 16.2. The monoisotopic (exact) mass is 303 g/mol. The SMILES string of the molecule is CCCCCCC(C)Nc1nnc(SCC(=O)O)s1. The predicted molar refractivity (Wildman–Crippen MR) is 80.1 cm³/mol. The maximum atomic E-state index is 10.4. The van der Waals surface area contributed by atoms with Crippen LogP contribution >= 0.6 is 23.1 Å². The van der Waals surface area contributed by atoms with Crippen molar-refractivity contribution < 1.29 is 9.90 Å². The van der Waals surface area contributed by atoms with Crippen molar-refractivity contribution in [3.8, 4) is 0 Å². The van der Waals surface area contributed by atoms with E-state index in [-0.39, 0.29) is 5.75 Å². The van der Waals surface area contributed by atoms with Gasteiger partial charge in [0.15, 0.2) is 4.34 Å². The Balaban J connectivity index is 2.26. The summed E-state index contributed by atoms with van der Waals surface area (Å²) < 4.78 is 0.697. The molecule has 0 amide bonds. The number of anilines is 1. The molecule has 0 radical (unpaired) electrons. The van der Waals surface area contributed by atoms with Gasteiger partial charge in [-0.25, -0.2) is 0 Å². The number of aromatic nitrogens is 2. The molecule has 1 heterocycles. The number of hydrogen-bond donors (Lipinski definition) is 2. The molecule has 0 saturated carbocycles. The minimum absolute atomic E-state index is 0.0290. The van der Waals surface area contributed by atoms with E-state index in [1.165, 1.54) is 48.8 Å². The second-order valence-corrected chi connectivity index (χ2v) is 6.65. The normalized spacial score (nSPS) is 12.3. The van der Waals surface area contributed by atoms with E-state index in [1.807, 2.05) is 0 Å². The molecule has 0 bridgehead atoms. The van der Waals surface area contributed by atoms with Crippen molar-refractivity contribution in [1.82, 2.24) is 10.2 Å². The van der Waals surface area contributed by atoms with Crippen molar-refractivity contribution in [3.63, 3.8) is 0 Å². The number of carboxylic acids is 1. The quantitative estimate of drug-likeness (QED) is 0.509. The highest BCUT2D eigenvalue weighted by Crippen LogP contribution is 2.26. The Morgan fingerprint density at radius 2 is 2.21 bits per heavy atom. The standard InChI is InChI=1S/C12H21N3O2S2/c1-3-4-5-6-7-9(2)13-11-14-15-12(19-11)18-8-10(16)17/h9H,3-8H2,1-2H3,(H,13,14)(H,16,17). The van der Waals surface area contributed by atoms with Crippen LogP contribution in [0.4, 0.5) is 5.13 Å². The summed E-state index contributed by atoms with van der Waals surface area (Å²) in [7, 11) is 0. The molecule has 2 N–H and O–H groups in total. The topological polar surface area (TPSA) is 75.1 Å². The van der Waals surface area contributed by atoms with Crippen molar-refractivity contribution in [1.29, 1.82) is 0 Å². The molecule has 0 spiro atoms. The number of rotatable bonds is 10. The van der Waals surface area contributed by atoms with Gasteiger partial charge in [0.1, 0.15) is 0 Å². The zero-order valence-corrected chi connectivity index (χ0v) is 13.0. The molecule has 0 aromatic carbocycles. The van der Waals surface area contributed by atoms with Gasteiger partial charge in [-0.1, -0.05) is 55.7 Å². The summed E-state index contributed by atoms with van der Waals surface area (Å²) in [5.41, 5.74) is 0. The summed E-state index contributed by atoms with van der Waals surface area (Å²) in [5.74, 6) is -0.805. The molecule has 7 heteroatoms. The van der Waals surface area contributed by atoms with Gasteiger partial charge in [-0.05, 0) is 13.3 Å². The first-order valence-corrected chi connectivity index (χ1v) is 8.36. The van der Waals surface area contributed by atoms with Crippen molar-refractivity contribution >= 4 is 34.2 Å². The summed E-state index contributed by atoms with van der Waals surface area (Å²) in [4.78, 5) is 10.4. The van der Waals surface area contributed by atoms with Crippen LogP contribution in [0.15, 0.2) is 4.34 Å². The van der Waals surface area contributed by atoms with E-state index in [0.717, 1.165) is 11.6 Å². The van der Waals surface area contributed by atoms with Crippen LogP contribution in [0, 0.1) is 0 Å². The number of aliphatic carboxylic acids is 1. The fourth-order valence-electron chi connectivity index (χ4n) is 1.61. The third-order valence-electron chi connectivity index (χ3n) is 2.59. The van der Waals surface area contributed by atoms with E-state index in [0.29, 0.717) is 10.4 Å². The zero-order valence-electron chi connectivity index (χ0n) is 11.4. The third kappa shape index (κ3) is 7.37. The summed E-state index contributed by atoms with van der Waals surface area (Å²) in [5, 5.41) is 20.7. The van der Waals surface area contributed by atoms with Crippen LogP contribution in [0.1, 0.15) is 46.0 Å². The molecular formula is C12H21N3O2S2. The lowest BCUT2D eigenvalue weighted by Crippen LogP contribution is -2.14. The van der Waals surface area contributed by atoms with Crippen LogP contribution in [-0.4, -0.2) is 33.1 Å². The van der Waals surface area contributed by atoms with Gasteiger partial charge in [-0.2, -0.15) is 0 Å². The molecular weight excluding hydrogens is 282 g/mol.